The first kappa shape index (κ1) is 35.9. The van der Waals surface area contributed by atoms with Crippen LogP contribution in [0.15, 0.2) is 249 Å². The van der Waals surface area contributed by atoms with Crippen molar-refractivity contribution in [2.24, 2.45) is 0 Å². The van der Waals surface area contributed by atoms with E-state index in [0.29, 0.717) is 0 Å². The van der Waals surface area contributed by atoms with Crippen LogP contribution in [0.5, 0.6) is 0 Å². The van der Waals surface area contributed by atoms with E-state index in [2.05, 4.69) is 254 Å². The second kappa shape index (κ2) is 14.6. The Labute approximate surface area is 362 Å². The van der Waals surface area contributed by atoms with Crippen LogP contribution >= 0.6 is 0 Å². The predicted molar refractivity (Wildman–Crippen MR) is 262 cm³/mol. The summed E-state index contributed by atoms with van der Waals surface area (Å²) in [5, 5.41) is 7.48. The molecular formula is C61H41N. The van der Waals surface area contributed by atoms with Gasteiger partial charge in [-0.2, -0.15) is 0 Å². The van der Waals surface area contributed by atoms with Crippen molar-refractivity contribution >= 4 is 49.4 Å². The molecule has 0 aliphatic heterocycles. The summed E-state index contributed by atoms with van der Waals surface area (Å²) in [7, 11) is 0. The average molecular weight is 788 g/mol. The van der Waals surface area contributed by atoms with Crippen LogP contribution in [-0.2, 0) is 5.41 Å². The number of rotatable bonds is 7. The number of hydrogen-bond donors (Lipinski definition) is 0. The zero-order valence-corrected chi connectivity index (χ0v) is 34.1. The first-order valence-electron chi connectivity index (χ1n) is 21.5. The standard InChI is InChI=1S/C61H41N/c1-3-21-47(22-4-1)61(48-23-5-2-6-24-48)56-30-15-13-29-54(56)60-57(61)31-17-33-59(60)62(49-38-36-43(37-39-49)45-35-34-42-18-7-8-19-44(42)40-45)58-32-16-14-28-53(58)55-41-46-20-9-10-25-50(46)51-26-11-12-27-52(51)55/h1-41H. The Bertz CT molecular complexity index is 3420. The maximum absolute atomic E-state index is 2.52. The van der Waals surface area contributed by atoms with Crippen molar-refractivity contribution in [3.05, 3.63) is 271 Å². The van der Waals surface area contributed by atoms with E-state index in [1.54, 1.807) is 0 Å². The lowest BCUT2D eigenvalue weighted by Gasteiger charge is -2.34. The van der Waals surface area contributed by atoms with Crippen LogP contribution in [0.2, 0.25) is 0 Å². The highest BCUT2D eigenvalue weighted by Crippen LogP contribution is 2.60. The molecule has 11 aromatic rings. The summed E-state index contributed by atoms with van der Waals surface area (Å²) < 4.78 is 0. The Balaban J connectivity index is 1.14. The molecule has 0 aromatic heterocycles. The summed E-state index contributed by atoms with van der Waals surface area (Å²) in [6.45, 7) is 0. The van der Waals surface area contributed by atoms with Crippen molar-refractivity contribution in [3.63, 3.8) is 0 Å². The first-order chi connectivity index (χ1) is 30.8. The van der Waals surface area contributed by atoms with Crippen LogP contribution in [-0.4, -0.2) is 0 Å². The van der Waals surface area contributed by atoms with Crippen molar-refractivity contribution in [3.8, 4) is 33.4 Å². The highest BCUT2D eigenvalue weighted by molar-refractivity contribution is 6.15. The molecule has 0 fully saturated rings. The number of para-hydroxylation sites is 1. The zero-order valence-electron chi connectivity index (χ0n) is 34.1. The third kappa shape index (κ3) is 5.56. The van der Waals surface area contributed by atoms with Crippen molar-refractivity contribution in [2.45, 2.75) is 5.41 Å². The molecule has 0 heterocycles. The fourth-order valence-electron chi connectivity index (χ4n) is 10.4. The summed E-state index contributed by atoms with van der Waals surface area (Å²) in [6.07, 6.45) is 0. The maximum atomic E-state index is 2.52. The summed E-state index contributed by atoms with van der Waals surface area (Å²) in [4.78, 5) is 2.52. The van der Waals surface area contributed by atoms with Crippen LogP contribution in [0.1, 0.15) is 22.3 Å². The molecule has 0 bridgehead atoms. The molecule has 1 aliphatic carbocycles. The summed E-state index contributed by atoms with van der Waals surface area (Å²) in [5.41, 5.74) is 15.2. The molecule has 1 nitrogen and oxygen atoms in total. The van der Waals surface area contributed by atoms with Gasteiger partial charge in [0.15, 0.2) is 0 Å². The van der Waals surface area contributed by atoms with Crippen molar-refractivity contribution in [1.29, 1.82) is 0 Å². The number of benzene rings is 11. The van der Waals surface area contributed by atoms with E-state index in [1.165, 1.54) is 88.0 Å². The summed E-state index contributed by atoms with van der Waals surface area (Å²) in [5.74, 6) is 0. The van der Waals surface area contributed by atoms with Gasteiger partial charge in [0, 0.05) is 16.8 Å². The van der Waals surface area contributed by atoms with Gasteiger partial charge in [-0.3, -0.25) is 0 Å². The highest BCUT2D eigenvalue weighted by Gasteiger charge is 2.47. The van der Waals surface area contributed by atoms with Gasteiger partial charge in [0.05, 0.1) is 16.8 Å². The minimum atomic E-state index is -0.524. The lowest BCUT2D eigenvalue weighted by Crippen LogP contribution is -2.28. The van der Waals surface area contributed by atoms with Gasteiger partial charge < -0.3 is 4.90 Å². The van der Waals surface area contributed by atoms with E-state index in [9.17, 15) is 0 Å². The van der Waals surface area contributed by atoms with Crippen LogP contribution in [0.25, 0.3) is 65.7 Å². The Morgan fingerprint density at radius 2 is 0.839 bits per heavy atom. The molecule has 0 spiro atoms. The number of hydrogen-bond acceptors (Lipinski definition) is 1. The largest absolute Gasteiger partial charge is 0.309 e. The zero-order chi connectivity index (χ0) is 41.0. The molecular weight excluding hydrogens is 747 g/mol. The Morgan fingerprint density at radius 3 is 1.60 bits per heavy atom. The smallest absolute Gasteiger partial charge is 0.0714 e. The normalized spacial score (nSPS) is 12.6. The van der Waals surface area contributed by atoms with E-state index in [0.717, 1.165) is 17.1 Å². The van der Waals surface area contributed by atoms with Gasteiger partial charge in [0.2, 0.25) is 0 Å². The van der Waals surface area contributed by atoms with Crippen LogP contribution < -0.4 is 4.90 Å². The van der Waals surface area contributed by atoms with Gasteiger partial charge in [-0.15, -0.1) is 0 Å². The number of anilines is 3. The number of fused-ring (bicyclic) bond motifs is 7. The molecule has 290 valence electrons. The molecule has 0 atom stereocenters. The third-order valence-corrected chi connectivity index (χ3v) is 13.1. The predicted octanol–water partition coefficient (Wildman–Crippen LogP) is 16.3. The molecule has 0 amide bonds. The van der Waals surface area contributed by atoms with Crippen molar-refractivity contribution in [1.82, 2.24) is 0 Å². The van der Waals surface area contributed by atoms with Gasteiger partial charge in [0.25, 0.3) is 0 Å². The molecule has 11 aromatic carbocycles. The summed E-state index contributed by atoms with van der Waals surface area (Å²) >= 11 is 0. The third-order valence-electron chi connectivity index (χ3n) is 13.1. The monoisotopic (exact) mass is 787 g/mol. The lowest BCUT2D eigenvalue weighted by molar-refractivity contribution is 0.768. The second-order valence-electron chi connectivity index (χ2n) is 16.4. The molecule has 62 heavy (non-hydrogen) atoms. The molecule has 1 heteroatoms. The Morgan fingerprint density at radius 1 is 0.290 bits per heavy atom. The SMILES string of the molecule is c1ccc(C2(c3ccccc3)c3ccccc3-c3c(N(c4ccc(-c5ccc6ccccc6c5)cc4)c4ccccc4-c4cc5ccccc5c5ccccc45)cccc32)cc1. The van der Waals surface area contributed by atoms with Crippen LogP contribution in [0.3, 0.4) is 0 Å². The molecule has 0 unspecified atom stereocenters. The summed E-state index contributed by atoms with van der Waals surface area (Å²) in [6, 6.07) is 91.8. The van der Waals surface area contributed by atoms with E-state index in [1.807, 2.05) is 0 Å². The van der Waals surface area contributed by atoms with E-state index < -0.39 is 5.41 Å². The van der Waals surface area contributed by atoms with Gasteiger partial charge in [-0.1, -0.05) is 212 Å². The fraction of sp³-hybridized carbons (Fsp3) is 0.0164. The number of nitrogens with zero attached hydrogens (tertiary/aromatic N) is 1. The van der Waals surface area contributed by atoms with E-state index in [4.69, 9.17) is 0 Å². The van der Waals surface area contributed by atoms with Gasteiger partial charge in [-0.05, 0) is 113 Å². The average Bonchev–Trinajstić information content (AvgIpc) is 3.66. The van der Waals surface area contributed by atoms with E-state index in [-0.39, 0.29) is 0 Å². The molecule has 12 rings (SSSR count). The van der Waals surface area contributed by atoms with Crippen LogP contribution in [0, 0.1) is 0 Å². The molecule has 0 saturated carbocycles. The lowest BCUT2D eigenvalue weighted by atomic mass is 9.68. The van der Waals surface area contributed by atoms with E-state index >= 15 is 0 Å². The fourth-order valence-corrected chi connectivity index (χ4v) is 10.4. The van der Waals surface area contributed by atoms with Crippen molar-refractivity contribution in [2.75, 3.05) is 4.90 Å². The topological polar surface area (TPSA) is 3.24 Å². The second-order valence-corrected chi connectivity index (χ2v) is 16.4. The van der Waals surface area contributed by atoms with Gasteiger partial charge >= 0.3 is 0 Å². The minimum absolute atomic E-state index is 0.524. The highest BCUT2D eigenvalue weighted by atomic mass is 15.1. The van der Waals surface area contributed by atoms with Gasteiger partial charge in [-0.25, -0.2) is 0 Å². The molecule has 0 N–H and O–H groups in total. The molecule has 0 saturated heterocycles. The van der Waals surface area contributed by atoms with Gasteiger partial charge in [0.1, 0.15) is 0 Å². The maximum Gasteiger partial charge on any atom is 0.0714 e. The molecule has 1 aliphatic rings. The molecule has 0 radical (unpaired) electrons. The minimum Gasteiger partial charge on any atom is -0.309 e. The first-order valence-corrected chi connectivity index (χ1v) is 21.5. The Hall–Kier alpha value is -8.00. The Kier molecular flexibility index (Phi) is 8.47. The van der Waals surface area contributed by atoms with Crippen molar-refractivity contribution < 1.29 is 0 Å². The quantitative estimate of drug-likeness (QED) is 0.145. The van der Waals surface area contributed by atoms with Crippen LogP contribution in [0.4, 0.5) is 17.1 Å².